The molecule has 1 heterocycles. The molecular weight excluding hydrogens is 309 g/mol. The summed E-state index contributed by atoms with van der Waals surface area (Å²) in [6.45, 7) is 3.65. The zero-order chi connectivity index (χ0) is 17.2. The smallest absolute Gasteiger partial charge is 0.325 e. The van der Waals surface area contributed by atoms with Crippen LogP contribution in [-0.4, -0.2) is 21.7 Å². The number of carbonyl (C=O) groups is 1. The van der Waals surface area contributed by atoms with Gasteiger partial charge in [0, 0.05) is 5.69 Å². The van der Waals surface area contributed by atoms with Gasteiger partial charge in [-0.25, -0.2) is 4.68 Å². The van der Waals surface area contributed by atoms with E-state index < -0.39 is 17.9 Å². The van der Waals surface area contributed by atoms with Crippen LogP contribution in [0.4, 0.5) is 18.9 Å². The molecule has 0 aliphatic heterocycles. The maximum atomic E-state index is 12.9. The molecule has 1 amide bonds. The zero-order valence-electron chi connectivity index (χ0n) is 12.6. The summed E-state index contributed by atoms with van der Waals surface area (Å²) in [5.41, 5.74) is 5.56. The molecule has 0 aliphatic rings. The van der Waals surface area contributed by atoms with Gasteiger partial charge in [0.1, 0.15) is 5.69 Å². The molecule has 124 valence electrons. The molecule has 1 atom stereocenters. The molecule has 0 fully saturated rings. The molecule has 0 saturated carbocycles. The van der Waals surface area contributed by atoms with Gasteiger partial charge in [-0.1, -0.05) is 13.8 Å². The molecule has 0 saturated heterocycles. The van der Waals surface area contributed by atoms with Crippen molar-refractivity contribution in [1.82, 2.24) is 9.78 Å². The number of anilines is 1. The Balaban J connectivity index is 2.18. The number of aromatic nitrogens is 2. The van der Waals surface area contributed by atoms with Crippen molar-refractivity contribution in [2.75, 3.05) is 5.32 Å². The quantitative estimate of drug-likeness (QED) is 0.907. The van der Waals surface area contributed by atoms with Crippen LogP contribution < -0.4 is 11.1 Å². The molecule has 8 heteroatoms. The first-order valence-electron chi connectivity index (χ1n) is 6.98. The maximum absolute atomic E-state index is 12.9. The second kappa shape index (κ2) is 6.41. The van der Waals surface area contributed by atoms with Gasteiger partial charge in [-0.2, -0.15) is 18.3 Å². The van der Waals surface area contributed by atoms with E-state index in [-0.39, 0.29) is 17.5 Å². The number of hydrogen-bond acceptors (Lipinski definition) is 3. The van der Waals surface area contributed by atoms with Gasteiger partial charge in [0.2, 0.25) is 5.91 Å². The van der Waals surface area contributed by atoms with Crippen LogP contribution in [0.1, 0.15) is 19.5 Å². The Labute approximate surface area is 131 Å². The molecule has 0 spiro atoms. The van der Waals surface area contributed by atoms with E-state index in [9.17, 15) is 18.0 Å². The van der Waals surface area contributed by atoms with Crippen LogP contribution in [0.15, 0.2) is 36.5 Å². The molecule has 1 aromatic carbocycles. The number of nitrogens with two attached hydrogens (primary N) is 1. The normalized spacial score (nSPS) is 13.2. The topological polar surface area (TPSA) is 72.9 Å². The molecule has 0 bridgehead atoms. The van der Waals surface area contributed by atoms with Crippen molar-refractivity contribution < 1.29 is 18.0 Å². The SMILES string of the molecule is CC(C)[C@@H](N)C(=O)Nc1ccc(-n2nccc2C(F)(F)F)cc1. The summed E-state index contributed by atoms with van der Waals surface area (Å²) in [7, 11) is 0. The Bertz CT molecular complexity index is 677. The van der Waals surface area contributed by atoms with Crippen LogP contribution in [0, 0.1) is 5.92 Å². The van der Waals surface area contributed by atoms with Crippen LogP contribution in [0.2, 0.25) is 0 Å². The fourth-order valence-electron chi connectivity index (χ4n) is 1.94. The van der Waals surface area contributed by atoms with Gasteiger partial charge in [0.15, 0.2) is 0 Å². The number of carbonyl (C=O) groups excluding carboxylic acids is 1. The number of nitrogens with zero attached hydrogens (tertiary/aromatic N) is 2. The fraction of sp³-hybridized carbons (Fsp3) is 0.333. The van der Waals surface area contributed by atoms with Crippen LogP contribution in [0.25, 0.3) is 5.69 Å². The zero-order valence-corrected chi connectivity index (χ0v) is 12.6. The predicted octanol–water partition coefficient (Wildman–Crippen LogP) is 2.81. The van der Waals surface area contributed by atoms with Gasteiger partial charge in [-0.05, 0) is 36.2 Å². The monoisotopic (exact) mass is 326 g/mol. The number of alkyl halides is 3. The van der Waals surface area contributed by atoms with E-state index in [0.29, 0.717) is 5.69 Å². The van der Waals surface area contributed by atoms with Gasteiger partial charge in [0.25, 0.3) is 0 Å². The second-order valence-electron chi connectivity index (χ2n) is 5.43. The van der Waals surface area contributed by atoms with Crippen LogP contribution in [-0.2, 0) is 11.0 Å². The minimum atomic E-state index is -4.49. The average molecular weight is 326 g/mol. The summed E-state index contributed by atoms with van der Waals surface area (Å²) in [5.74, 6) is -0.365. The van der Waals surface area contributed by atoms with Crippen molar-refractivity contribution in [2.45, 2.75) is 26.1 Å². The summed E-state index contributed by atoms with van der Waals surface area (Å²) in [6, 6.07) is 6.14. The fourth-order valence-corrected chi connectivity index (χ4v) is 1.94. The summed E-state index contributed by atoms with van der Waals surface area (Å²) in [6.07, 6.45) is -3.41. The highest BCUT2D eigenvalue weighted by Crippen LogP contribution is 2.30. The van der Waals surface area contributed by atoms with Gasteiger partial charge >= 0.3 is 6.18 Å². The highest BCUT2D eigenvalue weighted by molar-refractivity contribution is 5.94. The third-order valence-corrected chi connectivity index (χ3v) is 3.33. The maximum Gasteiger partial charge on any atom is 0.433 e. The lowest BCUT2D eigenvalue weighted by molar-refractivity contribution is -0.142. The van der Waals surface area contributed by atoms with Gasteiger partial charge in [0.05, 0.1) is 17.9 Å². The van der Waals surface area contributed by atoms with Crippen LogP contribution in [0.3, 0.4) is 0 Å². The first kappa shape index (κ1) is 17.0. The van der Waals surface area contributed by atoms with Gasteiger partial charge in [-0.15, -0.1) is 0 Å². The lowest BCUT2D eigenvalue weighted by Gasteiger charge is -2.15. The van der Waals surface area contributed by atoms with Crippen molar-refractivity contribution >= 4 is 11.6 Å². The molecule has 3 N–H and O–H groups in total. The second-order valence-corrected chi connectivity index (χ2v) is 5.43. The van der Waals surface area contributed by atoms with Crippen molar-refractivity contribution in [3.05, 3.63) is 42.2 Å². The first-order valence-corrected chi connectivity index (χ1v) is 6.98. The largest absolute Gasteiger partial charge is 0.433 e. The lowest BCUT2D eigenvalue weighted by atomic mass is 10.0. The van der Waals surface area contributed by atoms with E-state index in [0.717, 1.165) is 16.9 Å². The number of hydrogen-bond donors (Lipinski definition) is 2. The lowest BCUT2D eigenvalue weighted by Crippen LogP contribution is -2.39. The molecule has 2 rings (SSSR count). The Morgan fingerprint density at radius 1 is 1.22 bits per heavy atom. The number of amides is 1. The van der Waals surface area contributed by atoms with E-state index in [1.807, 2.05) is 13.8 Å². The van der Waals surface area contributed by atoms with E-state index in [1.165, 1.54) is 24.3 Å². The number of benzene rings is 1. The van der Waals surface area contributed by atoms with E-state index in [4.69, 9.17) is 5.73 Å². The van der Waals surface area contributed by atoms with E-state index in [1.54, 1.807) is 0 Å². The highest BCUT2D eigenvalue weighted by Gasteiger charge is 2.35. The summed E-state index contributed by atoms with van der Waals surface area (Å²) in [4.78, 5) is 11.9. The molecular formula is C15H17F3N4O. The van der Waals surface area contributed by atoms with Gasteiger partial charge < -0.3 is 11.1 Å². The Morgan fingerprint density at radius 3 is 2.35 bits per heavy atom. The van der Waals surface area contributed by atoms with Crippen LogP contribution in [0.5, 0.6) is 0 Å². The van der Waals surface area contributed by atoms with Crippen molar-refractivity contribution in [2.24, 2.45) is 11.7 Å². The minimum Gasteiger partial charge on any atom is -0.325 e. The van der Waals surface area contributed by atoms with E-state index in [2.05, 4.69) is 10.4 Å². The summed E-state index contributed by atoms with van der Waals surface area (Å²) in [5, 5.41) is 6.31. The predicted molar refractivity (Wildman–Crippen MR) is 80.0 cm³/mol. The Kier molecular flexibility index (Phi) is 4.74. The number of halogens is 3. The molecule has 23 heavy (non-hydrogen) atoms. The first-order chi connectivity index (χ1) is 10.7. The van der Waals surface area contributed by atoms with Crippen molar-refractivity contribution in [3.8, 4) is 5.69 Å². The van der Waals surface area contributed by atoms with Crippen LogP contribution >= 0.6 is 0 Å². The number of nitrogens with one attached hydrogen (secondary N) is 1. The Hall–Kier alpha value is -2.35. The standard InChI is InChI=1S/C15H17F3N4O/c1-9(2)13(19)14(23)21-10-3-5-11(6-4-10)22-12(7-8-20-22)15(16,17)18/h3-9,13H,19H2,1-2H3,(H,21,23)/t13-/m1/s1. The molecule has 5 nitrogen and oxygen atoms in total. The molecule has 0 unspecified atom stereocenters. The summed E-state index contributed by atoms with van der Waals surface area (Å²) < 4.78 is 39.4. The van der Waals surface area contributed by atoms with Crippen molar-refractivity contribution in [1.29, 1.82) is 0 Å². The Morgan fingerprint density at radius 2 is 1.83 bits per heavy atom. The third-order valence-electron chi connectivity index (χ3n) is 3.33. The van der Waals surface area contributed by atoms with Crippen molar-refractivity contribution in [3.63, 3.8) is 0 Å². The minimum absolute atomic E-state index is 0.0207. The molecule has 0 aliphatic carbocycles. The molecule has 0 radical (unpaired) electrons. The third kappa shape index (κ3) is 3.89. The van der Waals surface area contributed by atoms with Gasteiger partial charge in [-0.3, -0.25) is 4.79 Å². The van der Waals surface area contributed by atoms with E-state index >= 15 is 0 Å². The average Bonchev–Trinajstić information content (AvgIpc) is 2.96. The molecule has 1 aromatic heterocycles. The molecule has 2 aromatic rings. The number of rotatable bonds is 4. The highest BCUT2D eigenvalue weighted by atomic mass is 19.4. The summed E-state index contributed by atoms with van der Waals surface area (Å²) >= 11 is 0.